The fourth-order valence-electron chi connectivity index (χ4n) is 1.95. The van der Waals surface area contributed by atoms with Gasteiger partial charge in [-0.3, -0.25) is 4.90 Å². The molecule has 3 nitrogen and oxygen atoms in total. The molecule has 0 N–H and O–H groups in total. The molecule has 0 bridgehead atoms. The van der Waals surface area contributed by atoms with E-state index in [1.54, 1.807) is 0 Å². The number of hydrogen-bond acceptors (Lipinski definition) is 3. The first-order valence-corrected chi connectivity index (χ1v) is 5.61. The van der Waals surface area contributed by atoms with Gasteiger partial charge in [0.15, 0.2) is 0 Å². The van der Waals surface area contributed by atoms with E-state index in [1.165, 1.54) is 0 Å². The summed E-state index contributed by atoms with van der Waals surface area (Å²) in [6, 6.07) is 0. The zero-order valence-corrected chi connectivity index (χ0v) is 9.95. The molecule has 1 aliphatic heterocycles. The van der Waals surface area contributed by atoms with E-state index in [9.17, 15) is 4.79 Å². The van der Waals surface area contributed by atoms with E-state index < -0.39 is 0 Å². The van der Waals surface area contributed by atoms with Crippen molar-refractivity contribution in [1.82, 2.24) is 4.90 Å². The molecule has 0 aromatic heterocycles. The largest absolute Gasteiger partial charge is 0.463 e. The molecule has 0 saturated carbocycles. The Hall–Kier alpha value is -0.830. The summed E-state index contributed by atoms with van der Waals surface area (Å²) in [5.74, 6) is 1.16. The molecule has 2 atom stereocenters. The van der Waals surface area contributed by atoms with Crippen LogP contribution in [0.4, 0.5) is 0 Å². The predicted molar refractivity (Wildman–Crippen MR) is 60.5 cm³/mol. The highest BCUT2D eigenvalue weighted by molar-refractivity contribution is 5.88. The van der Waals surface area contributed by atoms with Crippen LogP contribution in [0.15, 0.2) is 12.2 Å². The highest BCUT2D eigenvalue weighted by Crippen LogP contribution is 2.22. The van der Waals surface area contributed by atoms with Gasteiger partial charge in [0, 0.05) is 25.2 Å². The van der Waals surface area contributed by atoms with Crippen molar-refractivity contribution in [2.24, 2.45) is 11.8 Å². The second-order valence-corrected chi connectivity index (χ2v) is 4.47. The van der Waals surface area contributed by atoms with E-state index in [0.29, 0.717) is 30.6 Å². The van der Waals surface area contributed by atoms with E-state index in [0.717, 1.165) is 13.1 Å². The minimum atomic E-state index is -0.260. The summed E-state index contributed by atoms with van der Waals surface area (Å²) in [5, 5.41) is 0. The van der Waals surface area contributed by atoms with Crippen LogP contribution in [-0.2, 0) is 9.53 Å². The summed E-state index contributed by atoms with van der Waals surface area (Å²) in [6.45, 7) is 13.3. The Kier molecular flexibility index (Phi) is 4.33. The maximum atomic E-state index is 11.3. The van der Waals surface area contributed by atoms with Crippen molar-refractivity contribution < 1.29 is 9.53 Å². The van der Waals surface area contributed by atoms with Crippen molar-refractivity contribution in [2.45, 2.75) is 20.8 Å². The van der Waals surface area contributed by atoms with E-state index in [-0.39, 0.29) is 5.97 Å². The normalized spacial score (nSPS) is 26.6. The van der Waals surface area contributed by atoms with Crippen LogP contribution in [0.5, 0.6) is 0 Å². The zero-order valence-electron chi connectivity index (χ0n) is 9.95. The van der Waals surface area contributed by atoms with E-state index >= 15 is 0 Å². The van der Waals surface area contributed by atoms with Crippen molar-refractivity contribution in [3.8, 4) is 0 Å². The summed E-state index contributed by atoms with van der Waals surface area (Å²) in [6.07, 6.45) is 0. The van der Waals surface area contributed by atoms with Crippen LogP contribution in [0.1, 0.15) is 20.8 Å². The standard InChI is InChI=1S/C12H21NO2/c1-5-15-12(14)11(4)8-13-6-9(2)10(3)7-13/h9-10H,4-8H2,1-3H3. The number of hydrogen-bond donors (Lipinski definition) is 0. The monoisotopic (exact) mass is 211 g/mol. The summed E-state index contributed by atoms with van der Waals surface area (Å²) in [4.78, 5) is 13.6. The molecule has 15 heavy (non-hydrogen) atoms. The third-order valence-electron chi connectivity index (χ3n) is 3.04. The van der Waals surface area contributed by atoms with Gasteiger partial charge in [-0.15, -0.1) is 0 Å². The third-order valence-corrected chi connectivity index (χ3v) is 3.04. The first-order chi connectivity index (χ1) is 7.04. The molecule has 86 valence electrons. The number of esters is 1. The Labute approximate surface area is 92.1 Å². The van der Waals surface area contributed by atoms with Crippen molar-refractivity contribution in [3.63, 3.8) is 0 Å². The predicted octanol–water partition coefficient (Wildman–Crippen LogP) is 1.69. The number of carbonyl (C=O) groups excluding carboxylic acids is 1. The Morgan fingerprint density at radius 2 is 1.93 bits per heavy atom. The highest BCUT2D eigenvalue weighted by Gasteiger charge is 2.27. The minimum Gasteiger partial charge on any atom is -0.463 e. The fraction of sp³-hybridized carbons (Fsp3) is 0.750. The third kappa shape index (κ3) is 3.34. The van der Waals surface area contributed by atoms with Gasteiger partial charge in [0.05, 0.1) is 6.61 Å². The van der Waals surface area contributed by atoms with Gasteiger partial charge in [0.1, 0.15) is 0 Å². The van der Waals surface area contributed by atoms with E-state index in [1.807, 2.05) is 6.92 Å². The Balaban J connectivity index is 2.36. The lowest BCUT2D eigenvalue weighted by atomic mass is 10.0. The second kappa shape index (κ2) is 5.31. The van der Waals surface area contributed by atoms with Gasteiger partial charge in [0.25, 0.3) is 0 Å². The molecule has 0 amide bonds. The Bertz CT molecular complexity index is 240. The number of nitrogens with zero attached hydrogens (tertiary/aromatic N) is 1. The molecule has 0 spiro atoms. The average Bonchev–Trinajstić information content (AvgIpc) is 2.46. The van der Waals surface area contributed by atoms with Crippen LogP contribution >= 0.6 is 0 Å². The molecular weight excluding hydrogens is 190 g/mol. The van der Waals surface area contributed by atoms with Crippen LogP contribution in [0.2, 0.25) is 0 Å². The number of ether oxygens (including phenoxy) is 1. The number of carbonyl (C=O) groups is 1. The molecule has 0 aromatic carbocycles. The topological polar surface area (TPSA) is 29.5 Å². The van der Waals surface area contributed by atoms with Crippen LogP contribution in [-0.4, -0.2) is 37.1 Å². The van der Waals surface area contributed by atoms with Crippen LogP contribution in [0, 0.1) is 11.8 Å². The molecule has 0 aliphatic carbocycles. The average molecular weight is 211 g/mol. The summed E-state index contributed by atoms with van der Waals surface area (Å²) in [7, 11) is 0. The fourth-order valence-corrected chi connectivity index (χ4v) is 1.95. The molecule has 1 rings (SSSR count). The van der Waals surface area contributed by atoms with Crippen LogP contribution in [0.3, 0.4) is 0 Å². The quantitative estimate of drug-likeness (QED) is 0.523. The molecule has 3 heteroatoms. The molecular formula is C12H21NO2. The minimum absolute atomic E-state index is 0.260. The molecule has 0 radical (unpaired) electrons. The van der Waals surface area contributed by atoms with Crippen LogP contribution in [0.25, 0.3) is 0 Å². The van der Waals surface area contributed by atoms with E-state index in [4.69, 9.17) is 4.74 Å². The molecule has 1 saturated heterocycles. The molecule has 1 aliphatic rings. The molecule has 0 aromatic rings. The Morgan fingerprint density at radius 1 is 1.40 bits per heavy atom. The number of rotatable bonds is 4. The zero-order chi connectivity index (χ0) is 11.4. The molecule has 1 heterocycles. The Morgan fingerprint density at radius 3 is 2.40 bits per heavy atom. The van der Waals surface area contributed by atoms with Gasteiger partial charge in [-0.25, -0.2) is 4.79 Å². The van der Waals surface area contributed by atoms with Crippen molar-refractivity contribution >= 4 is 5.97 Å². The second-order valence-electron chi connectivity index (χ2n) is 4.47. The molecule has 1 fully saturated rings. The summed E-state index contributed by atoms with van der Waals surface area (Å²) < 4.78 is 4.90. The van der Waals surface area contributed by atoms with E-state index in [2.05, 4.69) is 25.3 Å². The SMILES string of the molecule is C=C(CN1CC(C)C(C)C1)C(=O)OCC. The van der Waals surface area contributed by atoms with Gasteiger partial charge >= 0.3 is 5.97 Å². The van der Waals surface area contributed by atoms with Crippen molar-refractivity contribution in [1.29, 1.82) is 0 Å². The van der Waals surface area contributed by atoms with Gasteiger partial charge in [-0.1, -0.05) is 20.4 Å². The van der Waals surface area contributed by atoms with Crippen LogP contribution < -0.4 is 0 Å². The number of likely N-dealkylation sites (tertiary alicyclic amines) is 1. The van der Waals surface area contributed by atoms with Gasteiger partial charge in [-0.05, 0) is 18.8 Å². The summed E-state index contributed by atoms with van der Waals surface area (Å²) >= 11 is 0. The smallest absolute Gasteiger partial charge is 0.334 e. The lowest BCUT2D eigenvalue weighted by Crippen LogP contribution is -2.26. The van der Waals surface area contributed by atoms with Crippen molar-refractivity contribution in [3.05, 3.63) is 12.2 Å². The van der Waals surface area contributed by atoms with Gasteiger partial charge < -0.3 is 4.74 Å². The maximum absolute atomic E-state index is 11.3. The molecule has 2 unspecified atom stereocenters. The lowest BCUT2D eigenvalue weighted by molar-refractivity contribution is -0.138. The van der Waals surface area contributed by atoms with Gasteiger partial charge in [-0.2, -0.15) is 0 Å². The highest BCUT2D eigenvalue weighted by atomic mass is 16.5. The first kappa shape index (κ1) is 12.2. The maximum Gasteiger partial charge on any atom is 0.334 e. The lowest BCUT2D eigenvalue weighted by Gasteiger charge is -2.15. The van der Waals surface area contributed by atoms with Gasteiger partial charge in [0.2, 0.25) is 0 Å². The summed E-state index contributed by atoms with van der Waals surface area (Å²) in [5.41, 5.74) is 0.568. The van der Waals surface area contributed by atoms with Crippen molar-refractivity contribution in [2.75, 3.05) is 26.2 Å². The first-order valence-electron chi connectivity index (χ1n) is 5.61.